The minimum Gasteiger partial charge on any atom is -0.379 e. The smallest absolute Gasteiger partial charge is 0.0631 e. The van der Waals surface area contributed by atoms with Gasteiger partial charge in [0.1, 0.15) is 0 Å². The SMILES string of the molecule is Brc1cccc(Br)c1NCc1csc2ccccc12. The molecule has 2 aromatic carbocycles. The van der Waals surface area contributed by atoms with Crippen LogP contribution in [-0.4, -0.2) is 0 Å². The van der Waals surface area contributed by atoms with Crippen molar-refractivity contribution in [1.82, 2.24) is 0 Å². The number of hydrogen-bond acceptors (Lipinski definition) is 2. The molecule has 3 aromatic rings. The lowest BCUT2D eigenvalue weighted by Crippen LogP contribution is -2.00. The van der Waals surface area contributed by atoms with Gasteiger partial charge in [-0.05, 0) is 66.4 Å². The van der Waals surface area contributed by atoms with Gasteiger partial charge in [-0.2, -0.15) is 0 Å². The number of anilines is 1. The quantitative estimate of drug-likeness (QED) is 0.569. The third-order valence-electron chi connectivity index (χ3n) is 2.98. The summed E-state index contributed by atoms with van der Waals surface area (Å²) < 4.78 is 3.48. The lowest BCUT2D eigenvalue weighted by Gasteiger charge is -2.10. The average molecular weight is 397 g/mol. The van der Waals surface area contributed by atoms with Crippen LogP contribution in [0.1, 0.15) is 5.56 Å². The molecule has 0 aliphatic rings. The van der Waals surface area contributed by atoms with Gasteiger partial charge in [0.15, 0.2) is 0 Å². The molecule has 1 nitrogen and oxygen atoms in total. The molecule has 1 aromatic heterocycles. The molecule has 0 saturated heterocycles. The minimum absolute atomic E-state index is 0.825. The fraction of sp³-hybridized carbons (Fsp3) is 0.0667. The summed E-state index contributed by atoms with van der Waals surface area (Å²) in [6.07, 6.45) is 0. The van der Waals surface area contributed by atoms with Gasteiger partial charge in [0.2, 0.25) is 0 Å². The summed E-state index contributed by atoms with van der Waals surface area (Å²) >= 11 is 8.94. The second-order valence-corrected chi connectivity index (χ2v) is 6.83. The molecule has 3 rings (SSSR count). The molecule has 0 unspecified atom stereocenters. The summed E-state index contributed by atoms with van der Waals surface area (Å²) in [7, 11) is 0. The van der Waals surface area contributed by atoms with Crippen LogP contribution in [0.15, 0.2) is 56.8 Å². The van der Waals surface area contributed by atoms with Gasteiger partial charge in [0.05, 0.1) is 5.69 Å². The van der Waals surface area contributed by atoms with E-state index in [2.05, 4.69) is 66.8 Å². The summed E-state index contributed by atoms with van der Waals surface area (Å²) in [4.78, 5) is 0. The summed E-state index contributed by atoms with van der Waals surface area (Å²) in [6.45, 7) is 0.825. The van der Waals surface area contributed by atoms with Crippen LogP contribution in [0.25, 0.3) is 10.1 Å². The van der Waals surface area contributed by atoms with Crippen LogP contribution in [-0.2, 0) is 6.54 Å². The van der Waals surface area contributed by atoms with E-state index in [-0.39, 0.29) is 0 Å². The Morgan fingerprint density at radius 2 is 1.68 bits per heavy atom. The average Bonchev–Trinajstić information content (AvgIpc) is 2.82. The minimum atomic E-state index is 0.825. The van der Waals surface area contributed by atoms with Crippen molar-refractivity contribution in [2.75, 3.05) is 5.32 Å². The van der Waals surface area contributed by atoms with Gasteiger partial charge in [-0.3, -0.25) is 0 Å². The topological polar surface area (TPSA) is 12.0 Å². The number of thiophene rings is 1. The van der Waals surface area contributed by atoms with Gasteiger partial charge in [0, 0.05) is 20.2 Å². The first-order chi connectivity index (χ1) is 9.25. The van der Waals surface area contributed by atoms with Crippen LogP contribution < -0.4 is 5.32 Å². The maximum absolute atomic E-state index is 3.57. The molecule has 0 fully saturated rings. The predicted molar refractivity (Wildman–Crippen MR) is 91.0 cm³/mol. The van der Waals surface area contributed by atoms with E-state index in [0.29, 0.717) is 0 Å². The van der Waals surface area contributed by atoms with E-state index < -0.39 is 0 Å². The van der Waals surface area contributed by atoms with Gasteiger partial charge in [0.25, 0.3) is 0 Å². The normalized spacial score (nSPS) is 10.8. The molecule has 0 aliphatic heterocycles. The highest BCUT2D eigenvalue weighted by molar-refractivity contribution is 9.11. The van der Waals surface area contributed by atoms with E-state index in [9.17, 15) is 0 Å². The van der Waals surface area contributed by atoms with Crippen LogP contribution in [0.3, 0.4) is 0 Å². The molecule has 0 bridgehead atoms. The first kappa shape index (κ1) is 13.2. The Morgan fingerprint density at radius 3 is 2.47 bits per heavy atom. The second kappa shape index (κ2) is 5.65. The number of para-hydroxylation sites is 1. The standard InChI is InChI=1S/C15H11Br2NS/c16-12-5-3-6-13(17)15(12)18-8-10-9-19-14-7-2-1-4-11(10)14/h1-7,9,18H,8H2. The largest absolute Gasteiger partial charge is 0.379 e. The molecular formula is C15H11Br2NS. The van der Waals surface area contributed by atoms with Gasteiger partial charge in [-0.25, -0.2) is 0 Å². The molecule has 0 amide bonds. The second-order valence-electron chi connectivity index (χ2n) is 4.21. The molecule has 0 aliphatic carbocycles. The maximum Gasteiger partial charge on any atom is 0.0631 e. The first-order valence-corrected chi connectivity index (χ1v) is 8.35. The van der Waals surface area contributed by atoms with Crippen molar-refractivity contribution in [3.8, 4) is 0 Å². The van der Waals surface area contributed by atoms with E-state index in [0.717, 1.165) is 21.2 Å². The number of fused-ring (bicyclic) bond motifs is 1. The monoisotopic (exact) mass is 395 g/mol. The number of hydrogen-bond donors (Lipinski definition) is 1. The maximum atomic E-state index is 3.57. The van der Waals surface area contributed by atoms with Gasteiger partial charge in [-0.15, -0.1) is 11.3 Å². The molecular weight excluding hydrogens is 386 g/mol. The number of benzene rings is 2. The van der Waals surface area contributed by atoms with Crippen LogP contribution in [0, 0.1) is 0 Å². The Balaban J connectivity index is 1.87. The number of nitrogens with one attached hydrogen (secondary N) is 1. The van der Waals surface area contributed by atoms with Gasteiger partial charge in [-0.1, -0.05) is 24.3 Å². The molecule has 1 heterocycles. The van der Waals surface area contributed by atoms with Crippen LogP contribution in [0.5, 0.6) is 0 Å². The van der Waals surface area contributed by atoms with Crippen LogP contribution in [0.2, 0.25) is 0 Å². The summed E-state index contributed by atoms with van der Waals surface area (Å²) in [5.41, 5.74) is 2.43. The molecule has 96 valence electrons. The predicted octanol–water partition coefficient (Wildman–Crippen LogP) is 6.04. The first-order valence-electron chi connectivity index (χ1n) is 5.88. The van der Waals surface area contributed by atoms with Crippen molar-refractivity contribution in [2.45, 2.75) is 6.54 Å². The highest BCUT2D eigenvalue weighted by atomic mass is 79.9. The molecule has 0 saturated carbocycles. The molecule has 0 atom stereocenters. The van der Waals surface area contributed by atoms with E-state index in [1.807, 2.05) is 18.2 Å². The number of rotatable bonds is 3. The Labute approximate surface area is 132 Å². The van der Waals surface area contributed by atoms with Crippen molar-refractivity contribution in [1.29, 1.82) is 0 Å². The van der Waals surface area contributed by atoms with Gasteiger partial charge < -0.3 is 5.32 Å². The van der Waals surface area contributed by atoms with E-state index in [1.165, 1.54) is 15.6 Å². The fourth-order valence-corrected chi connectivity index (χ4v) is 4.26. The molecule has 19 heavy (non-hydrogen) atoms. The molecule has 1 N–H and O–H groups in total. The Hall–Kier alpha value is -0.840. The van der Waals surface area contributed by atoms with E-state index >= 15 is 0 Å². The highest BCUT2D eigenvalue weighted by Gasteiger charge is 2.06. The number of halogens is 2. The van der Waals surface area contributed by atoms with Gasteiger partial charge >= 0.3 is 0 Å². The Bertz CT molecular complexity index is 701. The van der Waals surface area contributed by atoms with Crippen molar-refractivity contribution in [3.63, 3.8) is 0 Å². The highest BCUT2D eigenvalue weighted by Crippen LogP contribution is 2.32. The summed E-state index contributed by atoms with van der Waals surface area (Å²) in [5, 5.41) is 7.05. The lowest BCUT2D eigenvalue weighted by molar-refractivity contribution is 1.17. The van der Waals surface area contributed by atoms with Crippen molar-refractivity contribution >= 4 is 59.0 Å². The van der Waals surface area contributed by atoms with Crippen molar-refractivity contribution in [2.24, 2.45) is 0 Å². The van der Waals surface area contributed by atoms with Crippen LogP contribution >= 0.6 is 43.2 Å². The van der Waals surface area contributed by atoms with E-state index in [1.54, 1.807) is 11.3 Å². The zero-order valence-corrected chi connectivity index (χ0v) is 14.0. The third-order valence-corrected chi connectivity index (χ3v) is 5.31. The summed E-state index contributed by atoms with van der Waals surface area (Å²) in [6, 6.07) is 14.6. The van der Waals surface area contributed by atoms with Crippen molar-refractivity contribution < 1.29 is 0 Å². The molecule has 0 spiro atoms. The third kappa shape index (κ3) is 2.71. The molecule has 0 radical (unpaired) electrons. The molecule has 4 heteroatoms. The Morgan fingerprint density at radius 1 is 0.947 bits per heavy atom. The van der Waals surface area contributed by atoms with Crippen LogP contribution in [0.4, 0.5) is 5.69 Å². The van der Waals surface area contributed by atoms with E-state index in [4.69, 9.17) is 0 Å². The lowest BCUT2D eigenvalue weighted by atomic mass is 10.2. The zero-order chi connectivity index (χ0) is 13.2. The fourth-order valence-electron chi connectivity index (χ4n) is 2.02. The van der Waals surface area contributed by atoms with Crippen molar-refractivity contribution in [3.05, 3.63) is 62.4 Å². The zero-order valence-electron chi connectivity index (χ0n) is 9.99. The summed E-state index contributed by atoms with van der Waals surface area (Å²) in [5.74, 6) is 0. The Kier molecular flexibility index (Phi) is 3.91.